The van der Waals surface area contributed by atoms with Crippen LogP contribution in [-0.4, -0.2) is 13.9 Å². The SMILES string of the molecule is Cc1cccc(I(OS(=O)(=O)C(F)(F)F)c2cccc(C)c2)c1. The van der Waals surface area contributed by atoms with Gasteiger partial charge in [0, 0.05) is 0 Å². The third-order valence-electron chi connectivity index (χ3n) is 2.79. The Morgan fingerprint density at radius 1 is 0.913 bits per heavy atom. The van der Waals surface area contributed by atoms with Gasteiger partial charge in [-0.15, -0.1) is 0 Å². The molecule has 0 fully saturated rings. The Morgan fingerprint density at radius 2 is 1.35 bits per heavy atom. The number of benzene rings is 2. The first-order valence-corrected chi connectivity index (χ1v) is 10.9. The van der Waals surface area contributed by atoms with Gasteiger partial charge in [0.05, 0.1) is 0 Å². The van der Waals surface area contributed by atoms with Gasteiger partial charge in [-0.25, -0.2) is 0 Å². The zero-order valence-corrected chi connectivity index (χ0v) is 15.2. The number of alkyl halides is 3. The van der Waals surface area contributed by atoms with E-state index in [0.717, 1.165) is 11.1 Å². The van der Waals surface area contributed by atoms with Crippen LogP contribution in [0, 0.1) is 21.0 Å². The van der Waals surface area contributed by atoms with Crippen molar-refractivity contribution in [3.05, 3.63) is 66.8 Å². The monoisotopic (exact) mass is 458 g/mol. The molecule has 2 aromatic carbocycles. The maximum absolute atomic E-state index is 12.7. The molecule has 3 nitrogen and oxygen atoms in total. The minimum atomic E-state index is -5.65. The van der Waals surface area contributed by atoms with E-state index in [1.165, 1.54) is 0 Å². The first kappa shape index (κ1) is 18.2. The van der Waals surface area contributed by atoms with E-state index in [2.05, 4.69) is 2.51 Å². The first-order chi connectivity index (χ1) is 10.6. The molecule has 0 atom stereocenters. The Kier molecular flexibility index (Phi) is 5.37. The number of hydrogen-bond donors (Lipinski definition) is 0. The van der Waals surface area contributed by atoms with Crippen LogP contribution < -0.4 is 0 Å². The molecule has 0 bridgehead atoms. The molecule has 0 heterocycles. The molecule has 0 aliphatic heterocycles. The fraction of sp³-hybridized carbons (Fsp3) is 0.200. The van der Waals surface area contributed by atoms with Gasteiger partial charge < -0.3 is 0 Å². The van der Waals surface area contributed by atoms with Crippen molar-refractivity contribution in [2.24, 2.45) is 0 Å². The molecule has 0 saturated carbocycles. The van der Waals surface area contributed by atoms with Gasteiger partial charge in [-0.3, -0.25) is 0 Å². The molecule has 2 aromatic rings. The Balaban J connectivity index is 2.53. The molecule has 0 aliphatic carbocycles. The first-order valence-electron chi connectivity index (χ1n) is 6.45. The Bertz CT molecular complexity index is 758. The summed E-state index contributed by atoms with van der Waals surface area (Å²) < 4.78 is 66.7. The van der Waals surface area contributed by atoms with E-state index < -0.39 is 35.9 Å². The van der Waals surface area contributed by atoms with E-state index in [1.807, 2.05) is 0 Å². The molecule has 0 radical (unpaired) electrons. The molecule has 0 spiro atoms. The Hall–Kier alpha value is -1.13. The standard InChI is InChI=1S/C15H14F3IO3S/c1-11-5-3-7-13(9-11)19(14-8-4-6-12(2)10-14)22-23(20,21)15(16,17)18/h3-10H,1-2H3. The maximum atomic E-state index is 12.7. The van der Waals surface area contributed by atoms with Gasteiger partial charge in [0.1, 0.15) is 0 Å². The minimum absolute atomic E-state index is 0.493. The predicted octanol–water partition coefficient (Wildman–Crippen LogP) is 4.63. The van der Waals surface area contributed by atoms with Crippen LogP contribution in [0.25, 0.3) is 0 Å². The average molecular weight is 458 g/mol. The summed E-state index contributed by atoms with van der Waals surface area (Å²) in [5.41, 5.74) is -3.79. The van der Waals surface area contributed by atoms with Crippen LogP contribution in [0.3, 0.4) is 0 Å². The average Bonchev–Trinajstić information content (AvgIpc) is 2.43. The van der Waals surface area contributed by atoms with Gasteiger partial charge in [-0.05, 0) is 0 Å². The predicted molar refractivity (Wildman–Crippen MR) is 89.8 cm³/mol. The van der Waals surface area contributed by atoms with Crippen molar-refractivity contribution in [3.63, 3.8) is 0 Å². The summed E-state index contributed by atoms with van der Waals surface area (Å²) in [6, 6.07) is 13.5. The molecule has 8 heteroatoms. The number of rotatable bonds is 4. The Labute approximate surface area is 140 Å². The summed E-state index contributed by atoms with van der Waals surface area (Å²) in [5, 5.41) is 0. The van der Waals surface area contributed by atoms with Gasteiger partial charge in [0.25, 0.3) is 0 Å². The van der Waals surface area contributed by atoms with E-state index in [4.69, 9.17) is 0 Å². The summed E-state index contributed by atoms with van der Waals surface area (Å²) in [6.45, 7) is 3.57. The van der Waals surface area contributed by atoms with Crippen molar-refractivity contribution in [3.8, 4) is 0 Å². The van der Waals surface area contributed by atoms with Crippen LogP contribution in [0.4, 0.5) is 13.2 Å². The number of halogens is 4. The second-order valence-corrected chi connectivity index (χ2v) is 11.3. The van der Waals surface area contributed by atoms with Crippen molar-refractivity contribution >= 4 is 30.4 Å². The topological polar surface area (TPSA) is 43.4 Å². The molecule has 0 aromatic heterocycles. The van der Waals surface area contributed by atoms with E-state index in [-0.39, 0.29) is 0 Å². The molecule has 0 unspecified atom stereocenters. The molecular formula is C15H14F3IO3S. The van der Waals surface area contributed by atoms with Crippen LogP contribution in [0.5, 0.6) is 0 Å². The third-order valence-corrected chi connectivity index (χ3v) is 9.75. The van der Waals surface area contributed by atoms with Crippen molar-refractivity contribution in [2.75, 3.05) is 0 Å². The number of hydrogen-bond acceptors (Lipinski definition) is 3. The molecule has 0 amide bonds. The van der Waals surface area contributed by atoms with Gasteiger partial charge in [0.2, 0.25) is 0 Å². The van der Waals surface area contributed by atoms with E-state index in [0.29, 0.717) is 7.14 Å². The molecular weight excluding hydrogens is 444 g/mol. The van der Waals surface area contributed by atoms with Crippen molar-refractivity contribution in [1.29, 1.82) is 0 Å². The quantitative estimate of drug-likeness (QED) is 0.496. The molecule has 2 rings (SSSR count). The van der Waals surface area contributed by atoms with Crippen LogP contribution >= 0.6 is 20.2 Å². The van der Waals surface area contributed by atoms with E-state index in [9.17, 15) is 21.6 Å². The van der Waals surface area contributed by atoms with Crippen LogP contribution in [-0.2, 0) is 12.6 Å². The molecule has 0 saturated heterocycles. The van der Waals surface area contributed by atoms with Gasteiger partial charge in [0.15, 0.2) is 0 Å². The van der Waals surface area contributed by atoms with Gasteiger partial charge in [-0.1, -0.05) is 0 Å². The summed E-state index contributed by atoms with van der Waals surface area (Å²) in [4.78, 5) is 0. The Morgan fingerprint density at radius 3 is 1.70 bits per heavy atom. The zero-order chi connectivity index (χ0) is 17.3. The summed E-state index contributed by atoms with van der Waals surface area (Å²) in [5.74, 6) is 0. The normalized spacial score (nSPS) is 13.0. The summed E-state index contributed by atoms with van der Waals surface area (Å²) in [6.07, 6.45) is 0. The van der Waals surface area contributed by atoms with Crippen molar-refractivity contribution < 1.29 is 24.1 Å². The number of aryl methyl sites for hydroxylation is 2. The fourth-order valence-electron chi connectivity index (χ4n) is 1.74. The summed E-state index contributed by atoms with van der Waals surface area (Å²) >= 11 is -3.25. The second-order valence-electron chi connectivity index (χ2n) is 4.81. The fourth-order valence-corrected chi connectivity index (χ4v) is 8.74. The van der Waals surface area contributed by atoms with E-state index in [1.54, 1.807) is 62.4 Å². The van der Waals surface area contributed by atoms with E-state index >= 15 is 0 Å². The molecule has 0 N–H and O–H groups in total. The van der Waals surface area contributed by atoms with Gasteiger partial charge in [-0.2, -0.15) is 0 Å². The summed E-state index contributed by atoms with van der Waals surface area (Å²) in [7, 11) is -5.65. The van der Waals surface area contributed by atoms with Crippen LogP contribution in [0.1, 0.15) is 11.1 Å². The molecule has 126 valence electrons. The molecule has 0 aliphatic rings. The third kappa shape index (κ3) is 4.45. The van der Waals surface area contributed by atoms with Crippen molar-refractivity contribution in [2.45, 2.75) is 19.4 Å². The van der Waals surface area contributed by atoms with Crippen LogP contribution in [0.2, 0.25) is 0 Å². The van der Waals surface area contributed by atoms with Gasteiger partial charge >= 0.3 is 141 Å². The second kappa shape index (κ2) is 6.78. The molecule has 23 heavy (non-hydrogen) atoms. The zero-order valence-electron chi connectivity index (χ0n) is 12.3. The van der Waals surface area contributed by atoms with Crippen LogP contribution in [0.15, 0.2) is 48.5 Å². The van der Waals surface area contributed by atoms with Crippen molar-refractivity contribution in [1.82, 2.24) is 0 Å².